The summed E-state index contributed by atoms with van der Waals surface area (Å²) in [4.78, 5) is 0. The number of fused-ring (bicyclic) bond motifs is 3. The van der Waals surface area contributed by atoms with Gasteiger partial charge in [-0.05, 0) is 69.2 Å². The van der Waals surface area contributed by atoms with Crippen LogP contribution in [-0.4, -0.2) is 5.11 Å². The van der Waals surface area contributed by atoms with Gasteiger partial charge in [0.05, 0.1) is 5.41 Å². The van der Waals surface area contributed by atoms with Crippen molar-refractivity contribution in [3.8, 4) is 16.9 Å². The minimum atomic E-state index is -0.434. The molecule has 1 atom stereocenters. The zero-order chi connectivity index (χ0) is 22.4. The van der Waals surface area contributed by atoms with Crippen LogP contribution in [0.4, 0.5) is 0 Å². The normalized spacial score (nSPS) is 18.3. The highest BCUT2D eigenvalue weighted by atomic mass is 16.3. The number of allylic oxidation sites excluding steroid dienone is 5. The summed E-state index contributed by atoms with van der Waals surface area (Å²) in [6.45, 7) is 1.96. The van der Waals surface area contributed by atoms with Crippen LogP contribution in [0.25, 0.3) is 22.8 Å². The number of hydrogen-bond donors (Lipinski definition) is 1. The van der Waals surface area contributed by atoms with Crippen molar-refractivity contribution in [1.82, 2.24) is 0 Å². The van der Waals surface area contributed by atoms with Crippen molar-refractivity contribution in [2.75, 3.05) is 0 Å². The molecule has 0 saturated carbocycles. The van der Waals surface area contributed by atoms with Gasteiger partial charge in [-0.1, -0.05) is 109 Å². The lowest BCUT2D eigenvalue weighted by Gasteiger charge is -2.37. The summed E-state index contributed by atoms with van der Waals surface area (Å²) >= 11 is 0. The van der Waals surface area contributed by atoms with Gasteiger partial charge in [0.15, 0.2) is 0 Å². The molecule has 2 aliphatic carbocycles. The lowest BCUT2D eigenvalue weighted by atomic mass is 9.65. The Bertz CT molecular complexity index is 1460. The van der Waals surface area contributed by atoms with E-state index in [2.05, 4.69) is 115 Å². The van der Waals surface area contributed by atoms with Crippen LogP contribution in [0, 0.1) is 6.92 Å². The van der Waals surface area contributed by atoms with Crippen LogP contribution in [0.15, 0.2) is 121 Å². The molecule has 0 heterocycles. The van der Waals surface area contributed by atoms with E-state index < -0.39 is 5.41 Å². The van der Waals surface area contributed by atoms with E-state index >= 15 is 0 Å². The molecule has 0 saturated heterocycles. The number of hydrogen-bond acceptors (Lipinski definition) is 1. The minimum absolute atomic E-state index is 0.326. The molecule has 0 spiro atoms. The van der Waals surface area contributed by atoms with Crippen molar-refractivity contribution in [3.63, 3.8) is 0 Å². The van der Waals surface area contributed by atoms with E-state index in [0.29, 0.717) is 5.75 Å². The van der Waals surface area contributed by atoms with Crippen molar-refractivity contribution < 1.29 is 5.11 Å². The van der Waals surface area contributed by atoms with Crippen LogP contribution in [0.1, 0.15) is 27.8 Å². The molecule has 0 aliphatic heterocycles. The highest BCUT2D eigenvalue weighted by Gasteiger charge is 2.42. The molecule has 1 nitrogen and oxygen atoms in total. The average molecular weight is 425 g/mol. The van der Waals surface area contributed by atoms with E-state index in [1.54, 1.807) is 0 Å². The van der Waals surface area contributed by atoms with Gasteiger partial charge >= 0.3 is 0 Å². The van der Waals surface area contributed by atoms with Crippen molar-refractivity contribution in [1.29, 1.82) is 0 Å². The second-order valence-corrected chi connectivity index (χ2v) is 8.81. The third kappa shape index (κ3) is 2.93. The Hall–Kier alpha value is -4.10. The molecule has 0 aromatic heterocycles. The molecule has 0 amide bonds. The fraction of sp³-hybridized carbons (Fsp3) is 0.0625. The predicted octanol–water partition coefficient (Wildman–Crippen LogP) is 7.70. The number of phenols is 1. The van der Waals surface area contributed by atoms with E-state index in [1.807, 2.05) is 13.0 Å². The molecule has 0 bridgehead atoms. The van der Waals surface area contributed by atoms with Crippen molar-refractivity contribution in [2.45, 2.75) is 12.3 Å². The van der Waals surface area contributed by atoms with E-state index in [-0.39, 0.29) is 0 Å². The fourth-order valence-electron chi connectivity index (χ4n) is 5.35. The van der Waals surface area contributed by atoms with Crippen LogP contribution in [-0.2, 0) is 5.41 Å². The number of rotatable bonds is 3. The monoisotopic (exact) mass is 424 g/mol. The topological polar surface area (TPSA) is 20.2 Å². The van der Waals surface area contributed by atoms with Crippen LogP contribution >= 0.6 is 0 Å². The molecular formula is C32H24O. The number of phenolic OH excluding ortho intramolecular Hbond substituents is 1. The fourth-order valence-corrected chi connectivity index (χ4v) is 5.35. The van der Waals surface area contributed by atoms with E-state index in [4.69, 9.17) is 0 Å². The quantitative estimate of drug-likeness (QED) is 0.357. The first kappa shape index (κ1) is 19.6. The molecule has 1 heteroatoms. The number of aromatic hydroxyl groups is 1. The molecule has 1 unspecified atom stereocenters. The Morgan fingerprint density at radius 1 is 0.697 bits per heavy atom. The first-order valence-corrected chi connectivity index (χ1v) is 11.3. The summed E-state index contributed by atoms with van der Waals surface area (Å²) < 4.78 is 0. The highest BCUT2D eigenvalue weighted by Crippen LogP contribution is 2.54. The summed E-state index contributed by atoms with van der Waals surface area (Å²) in [7, 11) is 0. The average Bonchev–Trinajstić information content (AvgIpc) is 3.26. The molecule has 158 valence electrons. The standard InChI is InChI=1S/C32H24O/c1-22-20-25(17-18-31(22)33)32(24-12-6-3-7-13-24)19-9-16-28-27-15-8-14-26(29(27)21-30(28)32)23-10-4-2-5-11-23/h2-21,33H,1H3. The summed E-state index contributed by atoms with van der Waals surface area (Å²) in [5, 5.41) is 10.2. The summed E-state index contributed by atoms with van der Waals surface area (Å²) in [6.07, 6.45) is 9.10. The Morgan fingerprint density at radius 2 is 1.42 bits per heavy atom. The molecule has 33 heavy (non-hydrogen) atoms. The largest absolute Gasteiger partial charge is 0.508 e. The van der Waals surface area contributed by atoms with Crippen LogP contribution in [0.5, 0.6) is 5.75 Å². The maximum Gasteiger partial charge on any atom is 0.118 e. The molecular weight excluding hydrogens is 400 g/mol. The van der Waals surface area contributed by atoms with E-state index in [1.165, 1.54) is 39.0 Å². The van der Waals surface area contributed by atoms with Crippen molar-refractivity contribution in [3.05, 3.63) is 149 Å². The Labute approximate surface area is 194 Å². The molecule has 4 aromatic rings. The summed E-state index contributed by atoms with van der Waals surface area (Å²) in [5.74, 6) is 0.326. The third-order valence-electron chi connectivity index (χ3n) is 6.98. The van der Waals surface area contributed by atoms with Gasteiger partial charge in [-0.15, -0.1) is 0 Å². The predicted molar refractivity (Wildman–Crippen MR) is 137 cm³/mol. The van der Waals surface area contributed by atoms with Crippen molar-refractivity contribution >= 4 is 11.6 Å². The zero-order valence-corrected chi connectivity index (χ0v) is 18.5. The van der Waals surface area contributed by atoms with Gasteiger partial charge in [0, 0.05) is 0 Å². The third-order valence-corrected chi connectivity index (χ3v) is 6.98. The van der Waals surface area contributed by atoms with Gasteiger partial charge in [-0.2, -0.15) is 0 Å². The second kappa shape index (κ2) is 7.50. The molecule has 4 aromatic carbocycles. The van der Waals surface area contributed by atoms with Crippen LogP contribution in [0.3, 0.4) is 0 Å². The second-order valence-electron chi connectivity index (χ2n) is 8.81. The zero-order valence-electron chi connectivity index (χ0n) is 18.5. The molecule has 0 radical (unpaired) electrons. The van der Waals surface area contributed by atoms with Gasteiger partial charge in [-0.25, -0.2) is 0 Å². The number of aryl methyl sites for hydroxylation is 1. The van der Waals surface area contributed by atoms with Gasteiger partial charge in [-0.3, -0.25) is 0 Å². The maximum absolute atomic E-state index is 10.2. The van der Waals surface area contributed by atoms with Gasteiger partial charge < -0.3 is 5.11 Å². The Kier molecular flexibility index (Phi) is 4.45. The SMILES string of the molecule is Cc1cc(C2(c3ccccc3)C=CC=C3C2=Cc2c3cccc2-c2ccccc2)ccc1O. The van der Waals surface area contributed by atoms with E-state index in [9.17, 15) is 5.11 Å². The van der Waals surface area contributed by atoms with Gasteiger partial charge in [0.25, 0.3) is 0 Å². The Balaban J connectivity index is 1.64. The molecule has 6 rings (SSSR count). The van der Waals surface area contributed by atoms with Crippen LogP contribution in [0.2, 0.25) is 0 Å². The first-order chi connectivity index (χ1) is 16.2. The summed E-state index contributed by atoms with van der Waals surface area (Å²) in [6, 6.07) is 33.9. The summed E-state index contributed by atoms with van der Waals surface area (Å²) in [5.41, 5.74) is 10.4. The number of benzene rings is 4. The van der Waals surface area contributed by atoms with E-state index in [0.717, 1.165) is 11.1 Å². The van der Waals surface area contributed by atoms with Gasteiger partial charge in [0.1, 0.15) is 5.75 Å². The smallest absolute Gasteiger partial charge is 0.118 e. The highest BCUT2D eigenvalue weighted by molar-refractivity contribution is 6.03. The molecule has 0 fully saturated rings. The first-order valence-electron chi connectivity index (χ1n) is 11.3. The minimum Gasteiger partial charge on any atom is -0.508 e. The lowest BCUT2D eigenvalue weighted by Crippen LogP contribution is -2.29. The lowest BCUT2D eigenvalue weighted by molar-refractivity contribution is 0.470. The molecule has 2 aliphatic rings. The Morgan fingerprint density at radius 3 is 2.18 bits per heavy atom. The van der Waals surface area contributed by atoms with Crippen LogP contribution < -0.4 is 0 Å². The molecule has 1 N–H and O–H groups in total. The van der Waals surface area contributed by atoms with Gasteiger partial charge in [0.2, 0.25) is 0 Å². The maximum atomic E-state index is 10.2. The van der Waals surface area contributed by atoms with Crippen molar-refractivity contribution in [2.24, 2.45) is 0 Å².